The smallest absolute Gasteiger partial charge is 0.220 e. The Kier molecular flexibility index (Phi) is 52.4. The third-order valence-corrected chi connectivity index (χ3v) is 17.6. The van der Waals surface area contributed by atoms with Gasteiger partial charge >= 0.3 is 0 Å². The number of ether oxygens (including phenoxy) is 4. The summed E-state index contributed by atoms with van der Waals surface area (Å²) in [5.74, 6) is -0.203. The van der Waals surface area contributed by atoms with Crippen molar-refractivity contribution in [3.63, 3.8) is 0 Å². The third-order valence-electron chi connectivity index (χ3n) is 17.6. The van der Waals surface area contributed by atoms with Crippen molar-refractivity contribution >= 4 is 5.91 Å². The van der Waals surface area contributed by atoms with Gasteiger partial charge in [0.2, 0.25) is 5.91 Å². The van der Waals surface area contributed by atoms with Gasteiger partial charge in [0.15, 0.2) is 12.6 Å². The number of nitrogens with one attached hydrogen (secondary N) is 1. The predicted molar refractivity (Wildman–Crippen MR) is 346 cm³/mol. The van der Waals surface area contributed by atoms with E-state index in [4.69, 9.17) is 18.9 Å². The van der Waals surface area contributed by atoms with Crippen LogP contribution in [0.4, 0.5) is 0 Å². The van der Waals surface area contributed by atoms with Crippen LogP contribution >= 0.6 is 0 Å². The number of aliphatic hydroxyl groups excluding tert-OH is 8. The molecule has 14 heteroatoms. The lowest BCUT2D eigenvalue weighted by atomic mass is 9.97. The number of aliphatic hydroxyl groups is 8. The molecule has 2 heterocycles. The first kappa shape index (κ1) is 79.3. The summed E-state index contributed by atoms with van der Waals surface area (Å²) < 4.78 is 22.8. The summed E-state index contributed by atoms with van der Waals surface area (Å²) in [6, 6.07) is -0.824. The number of carbonyl (C=O) groups excluding carboxylic acids is 1. The highest BCUT2D eigenvalue weighted by atomic mass is 16.7. The molecular weight excluding hydrogens is 1070 g/mol. The van der Waals surface area contributed by atoms with Crippen LogP contribution in [0.3, 0.4) is 0 Å². The molecule has 14 nitrogen and oxygen atoms in total. The minimum absolute atomic E-state index is 0.203. The van der Waals surface area contributed by atoms with E-state index >= 15 is 0 Å². The summed E-state index contributed by atoms with van der Waals surface area (Å²) in [5, 5.41) is 87.2. The molecule has 2 rings (SSSR count). The van der Waals surface area contributed by atoms with Crippen LogP contribution in [0.1, 0.15) is 316 Å². The second-order valence-electron chi connectivity index (χ2n) is 25.4. The van der Waals surface area contributed by atoms with E-state index in [9.17, 15) is 45.6 Å². The molecule has 0 spiro atoms. The largest absolute Gasteiger partial charge is 0.394 e. The number of amides is 1. The average Bonchev–Trinajstić information content (AvgIpc) is 2.93. The normalized spacial score (nSPS) is 23.7. The second-order valence-corrected chi connectivity index (χ2v) is 25.4. The zero-order chi connectivity index (χ0) is 61.6. The third kappa shape index (κ3) is 40.5. The van der Waals surface area contributed by atoms with Gasteiger partial charge in [-0.2, -0.15) is 0 Å². The van der Waals surface area contributed by atoms with Crippen LogP contribution in [0.25, 0.3) is 0 Å². The lowest BCUT2D eigenvalue weighted by Gasteiger charge is -2.46. The van der Waals surface area contributed by atoms with Gasteiger partial charge in [-0.25, -0.2) is 0 Å². The molecule has 1 amide bonds. The van der Waals surface area contributed by atoms with Crippen molar-refractivity contribution in [1.29, 1.82) is 0 Å². The highest BCUT2D eigenvalue weighted by Crippen LogP contribution is 2.30. The molecule has 2 fully saturated rings. The van der Waals surface area contributed by atoms with Gasteiger partial charge < -0.3 is 65.1 Å². The predicted octanol–water partition coefficient (Wildman–Crippen LogP) is 14.5. The topological polar surface area (TPSA) is 228 Å². The Morgan fingerprint density at radius 3 is 1.19 bits per heavy atom. The van der Waals surface area contributed by atoms with Gasteiger partial charge in [-0.15, -0.1) is 0 Å². The Bertz CT molecular complexity index is 1560. The molecule has 2 aliphatic rings. The van der Waals surface area contributed by atoms with Crippen molar-refractivity contribution in [1.82, 2.24) is 5.32 Å². The van der Waals surface area contributed by atoms with Gasteiger partial charge in [0.25, 0.3) is 0 Å². The fourth-order valence-corrected chi connectivity index (χ4v) is 11.9. The van der Waals surface area contributed by atoms with Crippen LogP contribution in [0.5, 0.6) is 0 Å². The number of rotatable bonds is 59. The second kappa shape index (κ2) is 56.2. The zero-order valence-electron chi connectivity index (χ0n) is 54.4. The Hall–Kier alpha value is -1.79. The molecule has 0 aromatic carbocycles. The molecule has 0 radical (unpaired) electrons. The molecule has 0 aliphatic carbocycles. The van der Waals surface area contributed by atoms with Crippen molar-refractivity contribution in [2.75, 3.05) is 19.8 Å². The Labute approximate surface area is 519 Å². The van der Waals surface area contributed by atoms with Gasteiger partial charge in [-0.05, 0) is 51.4 Å². The summed E-state index contributed by atoms with van der Waals surface area (Å²) in [4.78, 5) is 13.3. The lowest BCUT2D eigenvalue weighted by molar-refractivity contribution is -0.359. The van der Waals surface area contributed by atoms with E-state index in [1.54, 1.807) is 0 Å². The minimum atomic E-state index is -1.78. The summed E-state index contributed by atoms with van der Waals surface area (Å²) in [6.07, 6.45) is 55.0. The van der Waals surface area contributed by atoms with E-state index in [1.807, 2.05) is 0 Å². The zero-order valence-corrected chi connectivity index (χ0v) is 54.4. The van der Waals surface area contributed by atoms with Crippen molar-refractivity contribution in [2.45, 2.75) is 389 Å². The minimum Gasteiger partial charge on any atom is -0.394 e. The van der Waals surface area contributed by atoms with Crippen molar-refractivity contribution in [3.05, 3.63) is 36.5 Å². The standard InChI is InChI=1S/C71H133NO13/c1-3-5-7-9-11-13-15-16-17-18-19-20-21-22-23-24-25-26-27-28-29-30-31-32-33-34-35-36-37-38-39-40-41-42-43-44-45-47-49-51-53-55-63(76)72-59(60(75)54-52-50-48-46-14-12-10-8-6-4-2)58-82-70-68(81)66(79)69(62(57-74)84-70)85-71-67(80)65(78)64(77)61(56-73)83-71/h15-16,18-19,21-22,59-62,64-71,73-75,77-81H,3-14,17,20,23-58H2,1-2H3,(H,72,76)/b16-15-,19-18-,22-21-. The van der Waals surface area contributed by atoms with Crippen molar-refractivity contribution in [3.8, 4) is 0 Å². The lowest BCUT2D eigenvalue weighted by Crippen LogP contribution is -2.65. The van der Waals surface area contributed by atoms with Crippen LogP contribution in [0, 0.1) is 0 Å². The molecule has 0 aromatic heterocycles. The van der Waals surface area contributed by atoms with E-state index in [1.165, 1.54) is 225 Å². The van der Waals surface area contributed by atoms with Crippen LogP contribution in [-0.4, -0.2) is 140 Å². The number of allylic oxidation sites excluding steroid dienone is 6. The van der Waals surface area contributed by atoms with E-state index in [-0.39, 0.29) is 12.5 Å². The van der Waals surface area contributed by atoms with Crippen molar-refractivity contribution in [2.24, 2.45) is 0 Å². The first-order chi connectivity index (χ1) is 41.6. The molecule has 2 saturated heterocycles. The first-order valence-corrected chi connectivity index (χ1v) is 35.7. The van der Waals surface area contributed by atoms with Crippen LogP contribution in [0.2, 0.25) is 0 Å². The summed E-state index contributed by atoms with van der Waals surface area (Å²) in [5.41, 5.74) is 0. The first-order valence-electron chi connectivity index (χ1n) is 35.7. The monoisotopic (exact) mass is 1210 g/mol. The van der Waals surface area contributed by atoms with Gasteiger partial charge in [0.05, 0.1) is 32.0 Å². The molecule has 500 valence electrons. The molecule has 9 N–H and O–H groups in total. The molecule has 12 atom stereocenters. The quantitative estimate of drug-likeness (QED) is 0.0204. The molecule has 0 saturated carbocycles. The molecule has 2 aliphatic heterocycles. The van der Waals surface area contributed by atoms with Crippen LogP contribution in [0.15, 0.2) is 36.5 Å². The van der Waals surface area contributed by atoms with Gasteiger partial charge in [-0.1, -0.05) is 294 Å². The Balaban J connectivity index is 1.49. The van der Waals surface area contributed by atoms with E-state index in [0.29, 0.717) is 12.8 Å². The summed E-state index contributed by atoms with van der Waals surface area (Å²) in [6.45, 7) is 2.85. The fourth-order valence-electron chi connectivity index (χ4n) is 11.9. The maximum absolute atomic E-state index is 13.3. The van der Waals surface area contributed by atoms with E-state index in [2.05, 4.69) is 55.6 Å². The Morgan fingerprint density at radius 1 is 0.424 bits per heavy atom. The summed E-state index contributed by atoms with van der Waals surface area (Å²) >= 11 is 0. The van der Waals surface area contributed by atoms with Gasteiger partial charge in [-0.3, -0.25) is 4.79 Å². The molecule has 12 unspecified atom stereocenters. The average molecular weight is 1210 g/mol. The number of hydrogen-bond donors (Lipinski definition) is 9. The Morgan fingerprint density at radius 2 is 0.776 bits per heavy atom. The number of unbranched alkanes of at least 4 members (excludes halogenated alkanes) is 40. The highest BCUT2D eigenvalue weighted by molar-refractivity contribution is 5.76. The SMILES string of the molecule is CCCCCCC/C=C\C/C=C\C/C=C\CCCCCCCCCCCCCCCCCCCCCCCCCCCCC(=O)NC(COC1OC(CO)C(OC2OC(CO)C(O)C(O)C2O)C(O)C1O)C(O)CCCCCCCCCCCC. The molecule has 0 aromatic rings. The van der Waals surface area contributed by atoms with Crippen molar-refractivity contribution < 1.29 is 64.6 Å². The van der Waals surface area contributed by atoms with Crippen LogP contribution in [-0.2, 0) is 23.7 Å². The van der Waals surface area contributed by atoms with Gasteiger partial charge in [0, 0.05) is 6.42 Å². The van der Waals surface area contributed by atoms with E-state index in [0.717, 1.165) is 64.2 Å². The number of carbonyl (C=O) groups is 1. The molecule has 85 heavy (non-hydrogen) atoms. The molecular formula is C71H133NO13. The van der Waals surface area contributed by atoms with Crippen LogP contribution < -0.4 is 5.32 Å². The van der Waals surface area contributed by atoms with Gasteiger partial charge in [0.1, 0.15) is 48.8 Å². The van der Waals surface area contributed by atoms with E-state index < -0.39 is 86.8 Å². The maximum Gasteiger partial charge on any atom is 0.220 e. The maximum atomic E-state index is 13.3. The fraction of sp³-hybridized carbons (Fsp3) is 0.901. The molecule has 0 bridgehead atoms. The summed E-state index contributed by atoms with van der Waals surface area (Å²) in [7, 11) is 0. The highest BCUT2D eigenvalue weighted by Gasteiger charge is 2.51. The number of hydrogen-bond acceptors (Lipinski definition) is 13.